The lowest BCUT2D eigenvalue weighted by Crippen LogP contribution is -2.05. The molecule has 1 aromatic rings. The van der Waals surface area contributed by atoms with E-state index in [4.69, 9.17) is 0 Å². The van der Waals surface area contributed by atoms with E-state index in [1.54, 1.807) is 17.1 Å². The third-order valence-electron chi connectivity index (χ3n) is 1.48. The number of carbonyl (C=O) groups excluding carboxylic acids is 1. The number of hydrogen-bond acceptors (Lipinski definition) is 6. The van der Waals surface area contributed by atoms with Crippen molar-refractivity contribution >= 4 is 34.2 Å². The second-order valence-electron chi connectivity index (χ2n) is 2.45. The molecule has 0 radical (unpaired) electrons. The van der Waals surface area contributed by atoms with Crippen LogP contribution in [0.15, 0.2) is 5.38 Å². The zero-order chi connectivity index (χ0) is 10.4. The number of thiazole rings is 1. The number of aromatic nitrogens is 1. The van der Waals surface area contributed by atoms with Gasteiger partial charge in [0.25, 0.3) is 0 Å². The molecule has 0 fully saturated rings. The minimum Gasteiger partial charge on any atom is -0.464 e. The number of anilines is 1. The molecule has 0 aliphatic heterocycles. The maximum Gasteiger partial charge on any atom is 0.357 e. The summed E-state index contributed by atoms with van der Waals surface area (Å²) < 4.78 is 4.55. The number of carbonyl (C=O) groups is 1. The zero-order valence-electron chi connectivity index (χ0n) is 8.07. The van der Waals surface area contributed by atoms with Gasteiger partial charge in [-0.3, -0.25) is 0 Å². The highest BCUT2D eigenvalue weighted by Crippen LogP contribution is 2.15. The quantitative estimate of drug-likeness (QED) is 0.618. The summed E-state index contributed by atoms with van der Waals surface area (Å²) in [6, 6.07) is 0. The van der Waals surface area contributed by atoms with Crippen molar-refractivity contribution < 1.29 is 9.53 Å². The molecule has 0 aliphatic carbocycles. The summed E-state index contributed by atoms with van der Waals surface area (Å²) >= 11 is 3.17. The minimum absolute atomic E-state index is 0.365. The highest BCUT2D eigenvalue weighted by atomic mass is 32.2. The van der Waals surface area contributed by atoms with Crippen molar-refractivity contribution in [2.24, 2.45) is 0 Å². The van der Waals surface area contributed by atoms with Crippen LogP contribution in [-0.2, 0) is 4.74 Å². The second-order valence-corrected chi connectivity index (χ2v) is 4.29. The number of esters is 1. The number of methoxy groups -OCH3 is 1. The molecule has 6 heteroatoms. The molecular weight excluding hydrogens is 220 g/mol. The number of ether oxygens (including phenoxy) is 1. The third-order valence-corrected chi connectivity index (χ3v) is 2.89. The first-order valence-electron chi connectivity index (χ1n) is 4.04. The predicted molar refractivity (Wildman–Crippen MR) is 60.3 cm³/mol. The Kier molecular flexibility index (Phi) is 4.75. The summed E-state index contributed by atoms with van der Waals surface area (Å²) in [5.74, 6) is 0.631. The molecule has 1 N–H and O–H groups in total. The fourth-order valence-electron chi connectivity index (χ4n) is 0.813. The number of thioether (sulfide) groups is 1. The molecule has 14 heavy (non-hydrogen) atoms. The van der Waals surface area contributed by atoms with Crippen LogP contribution in [0, 0.1) is 0 Å². The van der Waals surface area contributed by atoms with E-state index in [-0.39, 0.29) is 5.97 Å². The standard InChI is InChI=1S/C8H12N2O2S2/c1-12-7(11)6-5-14-8(10-6)9-3-4-13-2/h5H,3-4H2,1-2H3,(H,9,10). The maximum atomic E-state index is 11.0. The van der Waals surface area contributed by atoms with Crippen molar-refractivity contribution in [1.82, 2.24) is 4.98 Å². The van der Waals surface area contributed by atoms with Crippen LogP contribution in [-0.4, -0.2) is 36.6 Å². The topological polar surface area (TPSA) is 51.2 Å². The van der Waals surface area contributed by atoms with Crippen molar-refractivity contribution in [3.8, 4) is 0 Å². The van der Waals surface area contributed by atoms with Gasteiger partial charge in [-0.25, -0.2) is 9.78 Å². The van der Waals surface area contributed by atoms with E-state index in [0.717, 1.165) is 17.4 Å². The summed E-state index contributed by atoms with van der Waals surface area (Å²) in [6.45, 7) is 0.856. The summed E-state index contributed by atoms with van der Waals surface area (Å²) in [5.41, 5.74) is 0.365. The fourth-order valence-corrected chi connectivity index (χ4v) is 1.83. The van der Waals surface area contributed by atoms with E-state index in [1.807, 2.05) is 6.26 Å². The van der Waals surface area contributed by atoms with Gasteiger partial charge in [-0.05, 0) is 6.26 Å². The Morgan fingerprint density at radius 1 is 1.79 bits per heavy atom. The van der Waals surface area contributed by atoms with Gasteiger partial charge in [-0.2, -0.15) is 11.8 Å². The van der Waals surface area contributed by atoms with Gasteiger partial charge in [0, 0.05) is 17.7 Å². The van der Waals surface area contributed by atoms with Crippen LogP contribution in [0.4, 0.5) is 5.13 Å². The Hall–Kier alpha value is -0.750. The molecule has 0 amide bonds. The van der Waals surface area contributed by atoms with E-state index in [0.29, 0.717) is 5.69 Å². The molecule has 1 heterocycles. The molecule has 0 unspecified atom stereocenters. The lowest BCUT2D eigenvalue weighted by atomic mass is 10.5. The average molecular weight is 232 g/mol. The van der Waals surface area contributed by atoms with E-state index in [2.05, 4.69) is 15.0 Å². The van der Waals surface area contributed by atoms with E-state index >= 15 is 0 Å². The summed E-state index contributed by atoms with van der Waals surface area (Å²) in [4.78, 5) is 15.1. The monoisotopic (exact) mass is 232 g/mol. The van der Waals surface area contributed by atoms with Crippen molar-refractivity contribution in [2.75, 3.05) is 31.0 Å². The lowest BCUT2D eigenvalue weighted by molar-refractivity contribution is 0.0595. The van der Waals surface area contributed by atoms with Gasteiger partial charge in [0.05, 0.1) is 7.11 Å². The average Bonchev–Trinajstić information content (AvgIpc) is 2.66. The molecule has 4 nitrogen and oxygen atoms in total. The normalized spacial score (nSPS) is 9.86. The van der Waals surface area contributed by atoms with Crippen LogP contribution in [0.25, 0.3) is 0 Å². The van der Waals surface area contributed by atoms with Gasteiger partial charge in [0.2, 0.25) is 0 Å². The molecule has 0 saturated carbocycles. The number of nitrogens with zero attached hydrogens (tertiary/aromatic N) is 1. The van der Waals surface area contributed by atoms with Crippen LogP contribution < -0.4 is 5.32 Å². The smallest absolute Gasteiger partial charge is 0.357 e. The lowest BCUT2D eigenvalue weighted by Gasteiger charge is -1.98. The molecule has 0 bridgehead atoms. The molecule has 0 aromatic carbocycles. The number of rotatable bonds is 5. The highest BCUT2D eigenvalue weighted by molar-refractivity contribution is 7.98. The molecule has 0 aliphatic rings. The van der Waals surface area contributed by atoms with Gasteiger partial charge in [0.15, 0.2) is 10.8 Å². The molecule has 0 saturated heterocycles. The van der Waals surface area contributed by atoms with Crippen LogP contribution in [0.3, 0.4) is 0 Å². The number of nitrogens with one attached hydrogen (secondary N) is 1. The Labute approximate surface area is 91.1 Å². The van der Waals surface area contributed by atoms with Gasteiger partial charge >= 0.3 is 5.97 Å². The van der Waals surface area contributed by atoms with Crippen LogP contribution in [0.1, 0.15) is 10.5 Å². The first-order chi connectivity index (χ1) is 6.77. The minimum atomic E-state index is -0.390. The Bertz CT molecular complexity index is 301. The van der Waals surface area contributed by atoms with Gasteiger partial charge in [-0.1, -0.05) is 0 Å². The second kappa shape index (κ2) is 5.87. The summed E-state index contributed by atoms with van der Waals surface area (Å²) in [7, 11) is 1.35. The van der Waals surface area contributed by atoms with Crippen molar-refractivity contribution in [3.05, 3.63) is 11.1 Å². The fraction of sp³-hybridized carbons (Fsp3) is 0.500. The van der Waals surface area contributed by atoms with Crippen LogP contribution >= 0.6 is 23.1 Å². The molecule has 78 valence electrons. The zero-order valence-corrected chi connectivity index (χ0v) is 9.70. The highest BCUT2D eigenvalue weighted by Gasteiger charge is 2.09. The molecule has 1 aromatic heterocycles. The van der Waals surface area contributed by atoms with Gasteiger partial charge in [-0.15, -0.1) is 11.3 Å². The Morgan fingerprint density at radius 2 is 2.57 bits per heavy atom. The third kappa shape index (κ3) is 3.19. The molecule has 0 atom stereocenters. The van der Waals surface area contributed by atoms with E-state index in [1.165, 1.54) is 18.4 Å². The largest absolute Gasteiger partial charge is 0.464 e. The Balaban J connectivity index is 2.46. The first-order valence-corrected chi connectivity index (χ1v) is 6.32. The summed E-state index contributed by atoms with van der Waals surface area (Å²) in [5, 5.41) is 5.57. The molecular formula is C8H12N2O2S2. The van der Waals surface area contributed by atoms with Crippen molar-refractivity contribution in [3.63, 3.8) is 0 Å². The summed E-state index contributed by atoms with van der Waals surface area (Å²) in [6.07, 6.45) is 2.05. The Morgan fingerprint density at radius 3 is 3.21 bits per heavy atom. The van der Waals surface area contributed by atoms with Crippen LogP contribution in [0.2, 0.25) is 0 Å². The van der Waals surface area contributed by atoms with Crippen molar-refractivity contribution in [1.29, 1.82) is 0 Å². The van der Waals surface area contributed by atoms with Crippen molar-refractivity contribution in [2.45, 2.75) is 0 Å². The number of hydrogen-bond donors (Lipinski definition) is 1. The van der Waals surface area contributed by atoms with E-state index < -0.39 is 0 Å². The predicted octanol–water partition coefficient (Wildman–Crippen LogP) is 1.70. The molecule has 1 rings (SSSR count). The van der Waals surface area contributed by atoms with E-state index in [9.17, 15) is 4.79 Å². The SMILES string of the molecule is COC(=O)c1csc(NCCSC)n1. The van der Waals surface area contributed by atoms with Gasteiger partial charge < -0.3 is 10.1 Å². The molecule has 0 spiro atoms. The maximum absolute atomic E-state index is 11.0. The van der Waals surface area contributed by atoms with Gasteiger partial charge in [0.1, 0.15) is 0 Å². The first kappa shape index (κ1) is 11.3. The van der Waals surface area contributed by atoms with Crippen LogP contribution in [0.5, 0.6) is 0 Å².